The van der Waals surface area contributed by atoms with Crippen LogP contribution in [-0.4, -0.2) is 66.6 Å². The summed E-state index contributed by atoms with van der Waals surface area (Å²) in [5, 5.41) is 42.3. The van der Waals surface area contributed by atoms with Gasteiger partial charge in [0.1, 0.15) is 28.8 Å². The van der Waals surface area contributed by atoms with Gasteiger partial charge in [-0.1, -0.05) is 18.2 Å². The van der Waals surface area contributed by atoms with Crippen molar-refractivity contribution in [3.05, 3.63) is 29.8 Å². The molecule has 1 aromatic carbocycles. The van der Waals surface area contributed by atoms with Crippen LogP contribution >= 0.6 is 23.5 Å². The number of benzene rings is 1. The number of hydrogen-bond donors (Lipinski definition) is 4. The van der Waals surface area contributed by atoms with E-state index in [0.717, 1.165) is 25.9 Å². The van der Waals surface area contributed by atoms with Gasteiger partial charge in [-0.2, -0.15) is 0 Å². The Kier molecular flexibility index (Phi) is 5.04. The Morgan fingerprint density at radius 3 is 2.73 bits per heavy atom. The molecule has 1 fully saturated rings. The Morgan fingerprint density at radius 1 is 1.23 bits per heavy atom. The minimum atomic E-state index is -1.41. The van der Waals surface area contributed by atoms with E-state index >= 15 is 0 Å². The van der Waals surface area contributed by atoms with Crippen LogP contribution in [0.15, 0.2) is 34.3 Å². The summed E-state index contributed by atoms with van der Waals surface area (Å²) in [5.41, 5.74) is 1.90. The van der Waals surface area contributed by atoms with Gasteiger partial charge in [-0.15, -0.1) is 11.8 Å². The molecular weight excluding hydrogens is 376 g/mol. The van der Waals surface area contributed by atoms with Crippen molar-refractivity contribution in [3.63, 3.8) is 0 Å². The molecule has 140 valence electrons. The molecule has 2 aromatic rings. The number of para-hydroxylation sites is 1. The summed E-state index contributed by atoms with van der Waals surface area (Å²) in [6.45, 7) is 0.0803. The maximum absolute atomic E-state index is 10.6. The van der Waals surface area contributed by atoms with Crippen LogP contribution in [0.3, 0.4) is 0 Å². The number of aliphatic imine (C=N–C) groups is 1. The molecule has 0 spiro atoms. The van der Waals surface area contributed by atoms with Gasteiger partial charge in [0.2, 0.25) is 0 Å². The lowest BCUT2D eigenvalue weighted by molar-refractivity contribution is -0.251. The zero-order valence-corrected chi connectivity index (χ0v) is 15.7. The number of aliphatic hydroxyl groups excluding tert-OH is 4. The molecule has 0 amide bonds. The lowest BCUT2D eigenvalue weighted by Gasteiger charge is -2.41. The van der Waals surface area contributed by atoms with Gasteiger partial charge in [0.25, 0.3) is 0 Å². The number of aromatic nitrogens is 1. The molecule has 0 aliphatic carbocycles. The third kappa shape index (κ3) is 2.78. The maximum atomic E-state index is 10.6. The zero-order chi connectivity index (χ0) is 18.4. The highest BCUT2D eigenvalue weighted by Gasteiger charge is 2.45. The Bertz CT molecular complexity index is 853. The Hall–Kier alpha value is -1.07. The fourth-order valence-corrected chi connectivity index (χ4v) is 5.14. The molecule has 9 heteroatoms. The van der Waals surface area contributed by atoms with Crippen molar-refractivity contribution in [1.82, 2.24) is 4.57 Å². The number of rotatable bonds is 2. The summed E-state index contributed by atoms with van der Waals surface area (Å²) in [4.78, 5) is 4.57. The zero-order valence-electron chi connectivity index (χ0n) is 14.0. The number of thioether (sulfide) groups is 2. The second-order valence-electron chi connectivity index (χ2n) is 6.28. The van der Waals surface area contributed by atoms with E-state index in [1.54, 1.807) is 11.8 Å². The van der Waals surface area contributed by atoms with E-state index in [2.05, 4.69) is 4.99 Å². The fraction of sp³-hybridized carbons (Fsp3) is 0.471. The van der Waals surface area contributed by atoms with E-state index in [-0.39, 0.29) is 0 Å². The number of ether oxygens (including phenoxy) is 1. The topological polar surface area (TPSA) is 107 Å². The van der Waals surface area contributed by atoms with Crippen LogP contribution in [0, 0.1) is 0 Å². The van der Waals surface area contributed by atoms with Crippen LogP contribution in [0.25, 0.3) is 10.9 Å². The average molecular weight is 396 g/mol. The molecule has 5 atom stereocenters. The minimum Gasteiger partial charge on any atom is -0.394 e. The van der Waals surface area contributed by atoms with Crippen molar-refractivity contribution in [2.45, 2.75) is 42.2 Å². The highest BCUT2D eigenvalue weighted by atomic mass is 32.2. The summed E-state index contributed by atoms with van der Waals surface area (Å²) in [7, 11) is 0. The van der Waals surface area contributed by atoms with Crippen molar-refractivity contribution >= 4 is 38.8 Å². The number of fused-ring (bicyclic) bond motifs is 3. The molecule has 3 heterocycles. The summed E-state index contributed by atoms with van der Waals surface area (Å²) in [6, 6.07) is 7.76. The fourth-order valence-electron chi connectivity index (χ4n) is 3.49. The highest BCUT2D eigenvalue weighted by Crippen LogP contribution is 2.43. The summed E-state index contributed by atoms with van der Waals surface area (Å²) in [6.07, 6.45) is -4.03. The Morgan fingerprint density at radius 2 is 2.00 bits per heavy atom. The van der Waals surface area contributed by atoms with Gasteiger partial charge in [-0.25, -0.2) is 0 Å². The summed E-state index contributed by atoms with van der Waals surface area (Å²) in [5.74, 6) is 0. The Balaban J connectivity index is 1.86. The van der Waals surface area contributed by atoms with Gasteiger partial charge in [0.15, 0.2) is 6.23 Å². The molecule has 1 aromatic heterocycles. The van der Waals surface area contributed by atoms with Crippen LogP contribution in [0.2, 0.25) is 0 Å². The first-order valence-electron chi connectivity index (χ1n) is 8.25. The predicted octanol–water partition coefficient (Wildman–Crippen LogP) is 0.938. The molecule has 4 N–H and O–H groups in total. The number of aliphatic hydroxyl groups is 4. The van der Waals surface area contributed by atoms with E-state index in [1.165, 1.54) is 11.8 Å². The second kappa shape index (κ2) is 7.16. The van der Waals surface area contributed by atoms with Crippen LogP contribution < -0.4 is 0 Å². The van der Waals surface area contributed by atoms with Crippen LogP contribution in [0.4, 0.5) is 0 Å². The molecule has 0 saturated carbocycles. The molecule has 0 radical (unpaired) electrons. The van der Waals surface area contributed by atoms with Crippen LogP contribution in [0.5, 0.6) is 0 Å². The maximum Gasteiger partial charge on any atom is 0.164 e. The molecule has 0 unspecified atom stereocenters. The summed E-state index contributed by atoms with van der Waals surface area (Å²) >= 11 is 3.04. The van der Waals surface area contributed by atoms with Crippen molar-refractivity contribution < 1.29 is 25.2 Å². The highest BCUT2D eigenvalue weighted by molar-refractivity contribution is 8.38. The SMILES string of the molecule is CSC1=NCc2c(n([C@@H]3O[C@H](CO)[C@@H](O)[C@H](O)[C@H]3O)c3ccccc23)S1. The molecular formula is C17H20N2O5S2. The van der Waals surface area contributed by atoms with Crippen molar-refractivity contribution in [1.29, 1.82) is 0 Å². The van der Waals surface area contributed by atoms with Crippen molar-refractivity contribution in [3.8, 4) is 0 Å². The van der Waals surface area contributed by atoms with E-state index < -0.39 is 37.3 Å². The number of nitrogens with zero attached hydrogens (tertiary/aromatic N) is 2. The molecule has 2 aliphatic rings. The quantitative estimate of drug-likeness (QED) is 0.598. The first-order valence-corrected chi connectivity index (χ1v) is 10.3. The van der Waals surface area contributed by atoms with Gasteiger partial charge in [0.05, 0.1) is 23.7 Å². The van der Waals surface area contributed by atoms with E-state index in [0.29, 0.717) is 6.54 Å². The second-order valence-corrected chi connectivity index (χ2v) is 8.31. The van der Waals surface area contributed by atoms with E-state index in [9.17, 15) is 20.4 Å². The average Bonchev–Trinajstić information content (AvgIpc) is 3.00. The molecule has 26 heavy (non-hydrogen) atoms. The third-order valence-corrected chi connectivity index (χ3v) is 6.98. The van der Waals surface area contributed by atoms with Crippen LogP contribution in [0.1, 0.15) is 11.8 Å². The first-order chi connectivity index (χ1) is 12.6. The molecule has 0 bridgehead atoms. The van der Waals surface area contributed by atoms with Crippen LogP contribution in [-0.2, 0) is 11.3 Å². The third-order valence-electron chi connectivity index (χ3n) is 4.81. The van der Waals surface area contributed by atoms with Gasteiger partial charge in [-0.3, -0.25) is 4.99 Å². The van der Waals surface area contributed by atoms with E-state index in [4.69, 9.17) is 4.74 Å². The first kappa shape index (κ1) is 18.3. The van der Waals surface area contributed by atoms with Gasteiger partial charge in [-0.05, 0) is 24.1 Å². The predicted molar refractivity (Wildman–Crippen MR) is 101 cm³/mol. The standard InChI is InChI=1S/C17H20N2O5S2/c1-25-17-18-6-9-8-4-2-3-5-10(8)19(16(9)26-17)15-14(23)13(22)12(21)11(7-20)24-15/h2-5,11-15,20-23H,6-7H2,1H3/t11-,12-,13+,14-,15-/m1/s1. The molecule has 4 rings (SSSR count). The number of hydrogen-bond acceptors (Lipinski definition) is 8. The lowest BCUT2D eigenvalue weighted by atomic mass is 9.98. The normalized spacial score (nSPS) is 31.7. The monoisotopic (exact) mass is 396 g/mol. The lowest BCUT2D eigenvalue weighted by Crippen LogP contribution is -2.56. The molecule has 2 aliphatic heterocycles. The van der Waals surface area contributed by atoms with E-state index in [1.807, 2.05) is 35.1 Å². The molecule has 1 saturated heterocycles. The van der Waals surface area contributed by atoms with Gasteiger partial charge in [0, 0.05) is 10.9 Å². The Labute approximate surface area is 158 Å². The summed E-state index contributed by atoms with van der Waals surface area (Å²) < 4.78 is 8.57. The van der Waals surface area contributed by atoms with Crippen molar-refractivity contribution in [2.24, 2.45) is 4.99 Å². The minimum absolute atomic E-state index is 0.451. The van der Waals surface area contributed by atoms with Gasteiger partial charge < -0.3 is 29.7 Å². The largest absolute Gasteiger partial charge is 0.394 e. The molecule has 7 nitrogen and oxygen atoms in total. The van der Waals surface area contributed by atoms with Crippen molar-refractivity contribution in [2.75, 3.05) is 12.9 Å². The smallest absolute Gasteiger partial charge is 0.164 e. The van der Waals surface area contributed by atoms with Gasteiger partial charge >= 0.3 is 0 Å².